The van der Waals surface area contributed by atoms with Crippen LogP contribution in [0.3, 0.4) is 0 Å². The van der Waals surface area contributed by atoms with Crippen molar-refractivity contribution in [3.63, 3.8) is 0 Å². The van der Waals surface area contributed by atoms with Gasteiger partial charge in [0.25, 0.3) is 0 Å². The summed E-state index contributed by atoms with van der Waals surface area (Å²) in [5.41, 5.74) is 3.00. The molecule has 2 aromatic carbocycles. The van der Waals surface area contributed by atoms with E-state index in [0.29, 0.717) is 54.9 Å². The van der Waals surface area contributed by atoms with Crippen molar-refractivity contribution in [2.75, 3.05) is 45.1 Å². The average molecular weight is 538 g/mol. The fourth-order valence-electron chi connectivity index (χ4n) is 4.42. The Bertz CT molecular complexity index is 1580. The molecule has 4 aromatic rings. The molecule has 0 radical (unpaired) electrons. The van der Waals surface area contributed by atoms with E-state index in [1.165, 1.54) is 22.6 Å². The molecule has 0 spiro atoms. The molecule has 1 fully saturated rings. The second kappa shape index (κ2) is 10.5. The van der Waals surface area contributed by atoms with Gasteiger partial charge in [0.1, 0.15) is 11.5 Å². The normalized spacial score (nSPS) is 15.0. The first-order valence-electron chi connectivity index (χ1n) is 12.2. The molecule has 38 heavy (non-hydrogen) atoms. The van der Waals surface area contributed by atoms with Crippen molar-refractivity contribution in [3.8, 4) is 22.4 Å². The van der Waals surface area contributed by atoms with Crippen molar-refractivity contribution in [1.29, 1.82) is 0 Å². The lowest BCUT2D eigenvalue weighted by Gasteiger charge is -2.31. The quantitative estimate of drug-likeness (QED) is 0.346. The molecule has 12 heteroatoms. The Morgan fingerprint density at radius 2 is 1.82 bits per heavy atom. The zero-order valence-corrected chi connectivity index (χ0v) is 21.8. The van der Waals surface area contributed by atoms with Gasteiger partial charge in [-0.1, -0.05) is 12.1 Å². The minimum absolute atomic E-state index is 0.127. The van der Waals surface area contributed by atoms with Gasteiger partial charge in [-0.3, -0.25) is 10.3 Å². The number of pyridine rings is 1. The van der Waals surface area contributed by atoms with Crippen LogP contribution in [-0.2, 0) is 10.0 Å². The molecule has 198 valence electrons. The van der Waals surface area contributed by atoms with Crippen molar-refractivity contribution >= 4 is 33.0 Å². The number of carbonyl (C=O) groups excluding carboxylic acids is 1. The lowest BCUT2D eigenvalue weighted by molar-refractivity contribution is 0.222. The molecule has 0 saturated carbocycles. The standard InChI is InChI=1S/C26H28FN7O3S/c1-3-28-26(35)32-25-30-22-16-18(15-20(24(22)31-25)23-21(27)5-4-10-29-23)17-6-8-19(9-7-17)38(36,37)34-13-11-33(2)12-14-34/h4-10,15-16H,3,11-14H2,1-2H3,(H3,28,30,31,32,35). The molecule has 2 aromatic heterocycles. The van der Waals surface area contributed by atoms with Crippen LogP contribution in [0.25, 0.3) is 33.4 Å². The average Bonchev–Trinajstić information content (AvgIpc) is 3.31. The first-order valence-corrected chi connectivity index (χ1v) is 13.7. The molecule has 0 aliphatic carbocycles. The molecule has 1 aliphatic rings. The van der Waals surface area contributed by atoms with Crippen LogP contribution in [0, 0.1) is 5.82 Å². The number of aromatic nitrogens is 3. The molecule has 5 rings (SSSR count). The highest BCUT2D eigenvalue weighted by atomic mass is 32.2. The van der Waals surface area contributed by atoms with E-state index in [1.807, 2.05) is 7.05 Å². The van der Waals surface area contributed by atoms with Crippen LogP contribution in [0.15, 0.2) is 59.6 Å². The highest BCUT2D eigenvalue weighted by Crippen LogP contribution is 2.34. The van der Waals surface area contributed by atoms with E-state index >= 15 is 0 Å². The zero-order chi connectivity index (χ0) is 26.9. The minimum Gasteiger partial charge on any atom is -0.338 e. The third-order valence-electron chi connectivity index (χ3n) is 6.46. The van der Waals surface area contributed by atoms with Gasteiger partial charge < -0.3 is 15.2 Å². The number of nitrogens with one attached hydrogen (secondary N) is 3. The van der Waals surface area contributed by atoms with Crippen molar-refractivity contribution in [1.82, 2.24) is 29.5 Å². The summed E-state index contributed by atoms with van der Waals surface area (Å²) in [7, 11) is -1.63. The van der Waals surface area contributed by atoms with Gasteiger partial charge in [-0.15, -0.1) is 0 Å². The summed E-state index contributed by atoms with van der Waals surface area (Å²) in [5.74, 6) is -0.304. The predicted octanol–water partition coefficient (Wildman–Crippen LogP) is 3.51. The molecule has 0 atom stereocenters. The topological polar surface area (TPSA) is 123 Å². The summed E-state index contributed by atoms with van der Waals surface area (Å²) in [6, 6.07) is 12.6. The summed E-state index contributed by atoms with van der Waals surface area (Å²) in [4.78, 5) is 26.1. The van der Waals surface area contributed by atoms with Crippen molar-refractivity contribution in [3.05, 3.63) is 60.5 Å². The van der Waals surface area contributed by atoms with E-state index in [-0.39, 0.29) is 16.5 Å². The molecule has 10 nitrogen and oxygen atoms in total. The summed E-state index contributed by atoms with van der Waals surface area (Å²) in [5, 5.41) is 5.27. The molecular formula is C26H28FN7O3S. The van der Waals surface area contributed by atoms with Gasteiger partial charge in [-0.05, 0) is 61.5 Å². The number of hydrogen-bond acceptors (Lipinski definition) is 6. The number of fused-ring (bicyclic) bond motifs is 1. The maximum Gasteiger partial charge on any atom is 0.321 e. The van der Waals surface area contributed by atoms with Crippen LogP contribution in [-0.4, -0.2) is 78.4 Å². The van der Waals surface area contributed by atoms with Gasteiger partial charge in [-0.25, -0.2) is 22.6 Å². The number of rotatable bonds is 6. The number of anilines is 1. The number of hydrogen-bond donors (Lipinski definition) is 3. The second-order valence-electron chi connectivity index (χ2n) is 9.05. The Morgan fingerprint density at radius 1 is 1.08 bits per heavy atom. The van der Waals surface area contributed by atoms with Gasteiger partial charge in [0.15, 0.2) is 0 Å². The molecule has 0 unspecified atom stereocenters. The van der Waals surface area contributed by atoms with Crippen molar-refractivity contribution in [2.24, 2.45) is 0 Å². The number of urea groups is 1. The van der Waals surface area contributed by atoms with Crippen LogP contribution in [0.4, 0.5) is 15.1 Å². The van der Waals surface area contributed by atoms with Crippen LogP contribution >= 0.6 is 0 Å². The number of imidazole rings is 1. The number of halogens is 1. The number of likely N-dealkylation sites (N-methyl/N-ethyl adjacent to an activating group) is 1. The number of piperazine rings is 1. The molecule has 1 saturated heterocycles. The number of aromatic amines is 1. The Morgan fingerprint density at radius 3 is 2.50 bits per heavy atom. The van der Waals surface area contributed by atoms with Crippen LogP contribution in [0.1, 0.15) is 6.92 Å². The smallest absolute Gasteiger partial charge is 0.321 e. The van der Waals surface area contributed by atoms with Crippen LogP contribution < -0.4 is 10.6 Å². The molecular weight excluding hydrogens is 509 g/mol. The third kappa shape index (κ3) is 5.10. The number of carbonyl (C=O) groups is 1. The Hall–Kier alpha value is -3.87. The highest BCUT2D eigenvalue weighted by molar-refractivity contribution is 7.89. The largest absolute Gasteiger partial charge is 0.338 e. The second-order valence-corrected chi connectivity index (χ2v) is 11.0. The van der Waals surface area contributed by atoms with Crippen molar-refractivity contribution in [2.45, 2.75) is 11.8 Å². The summed E-state index contributed by atoms with van der Waals surface area (Å²) in [6.07, 6.45) is 1.50. The summed E-state index contributed by atoms with van der Waals surface area (Å²) in [6.45, 7) is 4.51. The Kier molecular flexibility index (Phi) is 7.11. The molecule has 2 amide bonds. The third-order valence-corrected chi connectivity index (χ3v) is 8.38. The predicted molar refractivity (Wildman–Crippen MR) is 144 cm³/mol. The van der Waals surface area contributed by atoms with E-state index in [0.717, 1.165) is 5.56 Å². The van der Waals surface area contributed by atoms with Crippen molar-refractivity contribution < 1.29 is 17.6 Å². The molecule has 3 heterocycles. The maximum absolute atomic E-state index is 14.8. The molecule has 3 N–H and O–H groups in total. The summed E-state index contributed by atoms with van der Waals surface area (Å²) >= 11 is 0. The van der Waals surface area contributed by atoms with E-state index in [2.05, 4.69) is 30.5 Å². The number of amides is 2. The van der Waals surface area contributed by atoms with Gasteiger partial charge in [0.05, 0.1) is 15.9 Å². The summed E-state index contributed by atoms with van der Waals surface area (Å²) < 4.78 is 42.6. The Labute approximate surface area is 219 Å². The number of benzene rings is 2. The Balaban J connectivity index is 1.54. The minimum atomic E-state index is -3.61. The van der Waals surface area contributed by atoms with Gasteiger partial charge in [0.2, 0.25) is 16.0 Å². The molecule has 0 bridgehead atoms. The van der Waals surface area contributed by atoms with E-state index in [4.69, 9.17) is 0 Å². The van der Waals surface area contributed by atoms with Gasteiger partial charge in [0, 0.05) is 44.5 Å². The van der Waals surface area contributed by atoms with E-state index in [1.54, 1.807) is 43.3 Å². The lowest BCUT2D eigenvalue weighted by Crippen LogP contribution is -2.46. The fourth-order valence-corrected chi connectivity index (χ4v) is 5.84. The van der Waals surface area contributed by atoms with Gasteiger partial charge >= 0.3 is 6.03 Å². The zero-order valence-electron chi connectivity index (χ0n) is 21.0. The first kappa shape index (κ1) is 25.8. The maximum atomic E-state index is 14.8. The molecule has 1 aliphatic heterocycles. The number of sulfonamides is 1. The van der Waals surface area contributed by atoms with Crippen LogP contribution in [0.2, 0.25) is 0 Å². The van der Waals surface area contributed by atoms with E-state index < -0.39 is 21.9 Å². The monoisotopic (exact) mass is 537 g/mol. The van der Waals surface area contributed by atoms with Crippen LogP contribution in [0.5, 0.6) is 0 Å². The lowest BCUT2D eigenvalue weighted by atomic mass is 9.99. The van der Waals surface area contributed by atoms with Gasteiger partial charge in [-0.2, -0.15) is 4.31 Å². The SMILES string of the molecule is CCNC(=O)Nc1nc2cc(-c3ccc(S(=O)(=O)N4CCN(C)CC4)cc3)cc(-c3ncccc3F)c2[nH]1. The number of nitrogens with zero attached hydrogens (tertiary/aromatic N) is 4. The highest BCUT2D eigenvalue weighted by Gasteiger charge is 2.27. The number of H-pyrrole nitrogens is 1. The first-order chi connectivity index (χ1) is 18.3. The fraction of sp³-hybridized carbons (Fsp3) is 0.269. The van der Waals surface area contributed by atoms with E-state index in [9.17, 15) is 17.6 Å².